The third-order valence-corrected chi connectivity index (χ3v) is 3.05. The van der Waals surface area contributed by atoms with Gasteiger partial charge in [-0.3, -0.25) is 4.90 Å². The van der Waals surface area contributed by atoms with E-state index in [0.717, 1.165) is 11.1 Å². The van der Waals surface area contributed by atoms with Gasteiger partial charge < -0.3 is 9.84 Å². The molecule has 0 saturated heterocycles. The SMILES string of the molecule is Cc1cc2c(c(C(=O)O)c1)N(C(=O)OC(C)(C)C)CC2. The lowest BCUT2D eigenvalue weighted by Crippen LogP contribution is -2.36. The average molecular weight is 277 g/mol. The van der Waals surface area contributed by atoms with Crippen molar-refractivity contribution in [1.29, 1.82) is 0 Å². The number of nitrogens with zero attached hydrogens (tertiary/aromatic N) is 1. The smallest absolute Gasteiger partial charge is 0.414 e. The minimum absolute atomic E-state index is 0.156. The number of carboxylic acids is 1. The highest BCUT2D eigenvalue weighted by atomic mass is 16.6. The molecule has 5 nitrogen and oxygen atoms in total. The standard InChI is InChI=1S/C15H19NO4/c1-9-7-10-5-6-16(14(19)20-15(2,3)4)12(10)11(8-9)13(17)18/h7-8H,5-6H2,1-4H3,(H,17,18). The van der Waals surface area contributed by atoms with Gasteiger partial charge in [-0.2, -0.15) is 0 Å². The molecule has 1 aromatic carbocycles. The van der Waals surface area contributed by atoms with E-state index in [1.54, 1.807) is 26.8 Å². The molecule has 20 heavy (non-hydrogen) atoms. The maximum atomic E-state index is 12.2. The van der Waals surface area contributed by atoms with E-state index in [1.807, 2.05) is 13.0 Å². The molecule has 0 unspecified atom stereocenters. The van der Waals surface area contributed by atoms with Gasteiger partial charge in [-0.05, 0) is 51.3 Å². The Morgan fingerprint density at radius 3 is 2.50 bits per heavy atom. The van der Waals surface area contributed by atoms with E-state index in [-0.39, 0.29) is 5.56 Å². The summed E-state index contributed by atoms with van der Waals surface area (Å²) in [6, 6.07) is 3.51. The van der Waals surface area contributed by atoms with Crippen molar-refractivity contribution in [2.75, 3.05) is 11.4 Å². The van der Waals surface area contributed by atoms with Crippen LogP contribution in [0.5, 0.6) is 0 Å². The zero-order valence-corrected chi connectivity index (χ0v) is 12.2. The van der Waals surface area contributed by atoms with Crippen molar-refractivity contribution >= 4 is 17.7 Å². The molecule has 108 valence electrons. The van der Waals surface area contributed by atoms with Crippen LogP contribution in [0.25, 0.3) is 0 Å². The number of carboxylic acid groups (broad SMARTS) is 1. The summed E-state index contributed by atoms with van der Waals surface area (Å²) < 4.78 is 5.34. The molecule has 1 aliphatic rings. The number of hydrogen-bond acceptors (Lipinski definition) is 3. The number of rotatable bonds is 1. The highest BCUT2D eigenvalue weighted by molar-refractivity contribution is 6.02. The summed E-state index contributed by atoms with van der Waals surface area (Å²) in [5.74, 6) is -1.03. The predicted octanol–water partition coefficient (Wildman–Crippen LogP) is 2.99. The van der Waals surface area contributed by atoms with Gasteiger partial charge in [0, 0.05) is 6.54 Å². The fourth-order valence-electron chi connectivity index (χ4n) is 2.37. The third-order valence-electron chi connectivity index (χ3n) is 3.05. The second-order valence-corrected chi connectivity index (χ2v) is 6.01. The Morgan fingerprint density at radius 1 is 1.30 bits per heavy atom. The van der Waals surface area contributed by atoms with Gasteiger partial charge in [0.05, 0.1) is 11.3 Å². The molecule has 0 spiro atoms. The predicted molar refractivity (Wildman–Crippen MR) is 75.4 cm³/mol. The van der Waals surface area contributed by atoms with E-state index < -0.39 is 17.7 Å². The summed E-state index contributed by atoms with van der Waals surface area (Å²) in [5.41, 5.74) is 1.79. The quantitative estimate of drug-likeness (QED) is 0.857. The number of carbonyl (C=O) groups is 2. The highest BCUT2D eigenvalue weighted by Gasteiger charge is 2.32. The maximum absolute atomic E-state index is 12.2. The first kappa shape index (κ1) is 14.4. The Hall–Kier alpha value is -2.04. The molecule has 0 radical (unpaired) electrons. The van der Waals surface area contributed by atoms with Crippen LogP contribution >= 0.6 is 0 Å². The Balaban J connectivity index is 2.41. The molecular formula is C15H19NO4. The summed E-state index contributed by atoms with van der Waals surface area (Å²) in [7, 11) is 0. The highest BCUT2D eigenvalue weighted by Crippen LogP contribution is 2.34. The van der Waals surface area contributed by atoms with Gasteiger partial charge in [0.1, 0.15) is 5.60 Å². The average Bonchev–Trinajstić information content (AvgIpc) is 2.68. The minimum Gasteiger partial charge on any atom is -0.478 e. The number of hydrogen-bond donors (Lipinski definition) is 1. The maximum Gasteiger partial charge on any atom is 0.414 e. The van der Waals surface area contributed by atoms with Crippen molar-refractivity contribution in [2.24, 2.45) is 0 Å². The topological polar surface area (TPSA) is 66.8 Å². The van der Waals surface area contributed by atoms with Crippen molar-refractivity contribution in [3.63, 3.8) is 0 Å². The molecule has 1 aliphatic heterocycles. The molecule has 1 heterocycles. The molecule has 0 aliphatic carbocycles. The first-order valence-corrected chi connectivity index (χ1v) is 6.56. The van der Waals surface area contributed by atoms with E-state index >= 15 is 0 Å². The van der Waals surface area contributed by atoms with Gasteiger partial charge in [0.15, 0.2) is 0 Å². The molecule has 2 rings (SSSR count). The normalized spacial score (nSPS) is 14.1. The van der Waals surface area contributed by atoms with Crippen molar-refractivity contribution in [3.05, 3.63) is 28.8 Å². The molecule has 0 aromatic heterocycles. The van der Waals surface area contributed by atoms with E-state index in [2.05, 4.69) is 0 Å². The summed E-state index contributed by atoms with van der Waals surface area (Å²) in [6.45, 7) is 7.66. The van der Waals surface area contributed by atoms with Crippen LogP contribution in [0.15, 0.2) is 12.1 Å². The zero-order valence-electron chi connectivity index (χ0n) is 12.2. The number of aromatic carboxylic acids is 1. The van der Waals surface area contributed by atoms with E-state index in [1.165, 1.54) is 4.90 Å². The number of carbonyl (C=O) groups excluding carboxylic acids is 1. The lowest BCUT2D eigenvalue weighted by atomic mass is 10.0. The molecule has 1 amide bonds. The lowest BCUT2D eigenvalue weighted by molar-refractivity contribution is 0.0584. The van der Waals surface area contributed by atoms with Gasteiger partial charge in [-0.15, -0.1) is 0 Å². The molecule has 0 atom stereocenters. The molecule has 1 aromatic rings. The van der Waals surface area contributed by atoms with Crippen LogP contribution in [0.1, 0.15) is 42.3 Å². The van der Waals surface area contributed by atoms with Crippen molar-refractivity contribution in [3.8, 4) is 0 Å². The molecule has 0 bridgehead atoms. The summed E-state index contributed by atoms with van der Waals surface area (Å²) >= 11 is 0. The Kier molecular flexibility index (Phi) is 3.46. The Bertz CT molecular complexity index is 572. The van der Waals surface area contributed by atoms with Crippen LogP contribution in [0.3, 0.4) is 0 Å². The van der Waals surface area contributed by atoms with Crippen LogP contribution in [-0.2, 0) is 11.2 Å². The molecule has 5 heteroatoms. The van der Waals surface area contributed by atoms with Crippen LogP contribution in [0.2, 0.25) is 0 Å². The van der Waals surface area contributed by atoms with Crippen molar-refractivity contribution in [1.82, 2.24) is 0 Å². The summed E-state index contributed by atoms with van der Waals surface area (Å²) in [4.78, 5) is 25.0. The largest absolute Gasteiger partial charge is 0.478 e. The molecule has 0 saturated carbocycles. The van der Waals surface area contributed by atoms with Crippen LogP contribution < -0.4 is 4.90 Å². The van der Waals surface area contributed by atoms with Crippen molar-refractivity contribution < 1.29 is 19.4 Å². The number of amides is 1. The summed E-state index contributed by atoms with van der Waals surface area (Å²) in [5, 5.41) is 9.33. The monoisotopic (exact) mass is 277 g/mol. The second-order valence-electron chi connectivity index (χ2n) is 6.01. The second kappa shape index (κ2) is 4.81. The van der Waals surface area contributed by atoms with E-state index in [0.29, 0.717) is 18.7 Å². The van der Waals surface area contributed by atoms with Crippen LogP contribution in [0, 0.1) is 6.92 Å². The van der Waals surface area contributed by atoms with Gasteiger partial charge in [0.2, 0.25) is 0 Å². The zero-order chi connectivity index (χ0) is 15.1. The Morgan fingerprint density at radius 2 is 1.95 bits per heavy atom. The molecular weight excluding hydrogens is 258 g/mol. The first-order valence-electron chi connectivity index (χ1n) is 6.56. The van der Waals surface area contributed by atoms with E-state index in [9.17, 15) is 14.7 Å². The van der Waals surface area contributed by atoms with Crippen LogP contribution in [-0.4, -0.2) is 29.3 Å². The van der Waals surface area contributed by atoms with Gasteiger partial charge >= 0.3 is 12.1 Å². The number of fused-ring (bicyclic) bond motifs is 1. The number of aryl methyl sites for hydroxylation is 1. The summed E-state index contributed by atoms with van der Waals surface area (Å²) in [6.07, 6.45) is 0.152. The van der Waals surface area contributed by atoms with Gasteiger partial charge in [-0.25, -0.2) is 9.59 Å². The number of anilines is 1. The fraction of sp³-hybridized carbons (Fsp3) is 0.467. The number of ether oxygens (including phenoxy) is 1. The lowest BCUT2D eigenvalue weighted by Gasteiger charge is -2.25. The fourth-order valence-corrected chi connectivity index (χ4v) is 2.37. The third kappa shape index (κ3) is 2.76. The van der Waals surface area contributed by atoms with Crippen LogP contribution in [0.4, 0.5) is 10.5 Å². The molecule has 1 N–H and O–H groups in total. The van der Waals surface area contributed by atoms with Gasteiger partial charge in [-0.1, -0.05) is 6.07 Å². The molecule has 0 fully saturated rings. The van der Waals surface area contributed by atoms with Crippen molar-refractivity contribution in [2.45, 2.75) is 39.7 Å². The first-order chi connectivity index (χ1) is 9.19. The van der Waals surface area contributed by atoms with Gasteiger partial charge in [0.25, 0.3) is 0 Å². The minimum atomic E-state index is -1.03. The number of benzene rings is 1. The van der Waals surface area contributed by atoms with E-state index in [4.69, 9.17) is 4.74 Å². The Labute approximate surface area is 118 Å².